The first-order valence-electron chi connectivity index (χ1n) is 12.1. The number of likely N-dealkylation sites (tertiary alicyclic amines) is 1. The highest BCUT2D eigenvalue weighted by atomic mass is 32.2. The first kappa shape index (κ1) is 24.7. The van der Waals surface area contributed by atoms with Gasteiger partial charge in [-0.25, -0.2) is 8.42 Å². The maximum absolute atomic E-state index is 13.2. The molecule has 2 saturated heterocycles. The molecule has 2 aromatic rings. The molecule has 2 fully saturated rings. The summed E-state index contributed by atoms with van der Waals surface area (Å²) in [5, 5.41) is 2.95. The van der Waals surface area contributed by atoms with Crippen LogP contribution in [0.5, 0.6) is 5.75 Å². The minimum atomic E-state index is -3.68. The van der Waals surface area contributed by atoms with Crippen LogP contribution in [0.1, 0.15) is 43.2 Å². The molecule has 1 amide bonds. The lowest BCUT2D eigenvalue weighted by molar-refractivity contribution is -0.121. The molecule has 0 aliphatic carbocycles. The number of benzene rings is 2. The van der Waals surface area contributed by atoms with E-state index in [2.05, 4.69) is 41.4 Å². The minimum absolute atomic E-state index is 0.0542. The molecule has 184 valence electrons. The van der Waals surface area contributed by atoms with Crippen molar-refractivity contribution in [3.05, 3.63) is 53.6 Å². The van der Waals surface area contributed by atoms with Gasteiger partial charge in [0.2, 0.25) is 15.9 Å². The maximum atomic E-state index is 13.2. The Hall–Kier alpha value is -2.42. The number of hydrogen-bond acceptors (Lipinski definition) is 5. The van der Waals surface area contributed by atoms with Crippen LogP contribution in [0.2, 0.25) is 0 Å². The number of rotatable bonds is 7. The van der Waals surface area contributed by atoms with E-state index in [-0.39, 0.29) is 16.7 Å². The molecule has 0 saturated carbocycles. The summed E-state index contributed by atoms with van der Waals surface area (Å²) in [6.45, 7) is 5.74. The fourth-order valence-corrected chi connectivity index (χ4v) is 6.45. The summed E-state index contributed by atoms with van der Waals surface area (Å²) in [7, 11) is -2.21. The summed E-state index contributed by atoms with van der Waals surface area (Å²) < 4.78 is 33.3. The number of sulfonamides is 1. The quantitative estimate of drug-likeness (QED) is 0.641. The van der Waals surface area contributed by atoms with Gasteiger partial charge in [-0.15, -0.1) is 0 Å². The fraction of sp³-hybridized carbons (Fsp3) is 0.500. The number of ether oxygens (including phenoxy) is 1. The van der Waals surface area contributed by atoms with Crippen molar-refractivity contribution in [2.24, 2.45) is 5.92 Å². The van der Waals surface area contributed by atoms with Crippen molar-refractivity contribution in [3.63, 3.8) is 0 Å². The van der Waals surface area contributed by atoms with Crippen molar-refractivity contribution < 1.29 is 17.9 Å². The predicted molar refractivity (Wildman–Crippen MR) is 133 cm³/mol. The van der Waals surface area contributed by atoms with Gasteiger partial charge in [0.1, 0.15) is 10.6 Å². The molecule has 2 aliphatic rings. The molecule has 0 radical (unpaired) electrons. The molecule has 2 heterocycles. The minimum Gasteiger partial charge on any atom is -0.495 e. The molecule has 34 heavy (non-hydrogen) atoms. The number of piperidine rings is 2. The molecule has 2 aliphatic heterocycles. The van der Waals surface area contributed by atoms with Crippen LogP contribution in [-0.2, 0) is 21.4 Å². The molecule has 7 nitrogen and oxygen atoms in total. The van der Waals surface area contributed by atoms with Crippen LogP contribution in [0.4, 0.5) is 5.69 Å². The number of carbonyl (C=O) groups is 1. The zero-order valence-corrected chi connectivity index (χ0v) is 20.9. The van der Waals surface area contributed by atoms with Crippen LogP contribution < -0.4 is 10.1 Å². The average Bonchev–Trinajstić information content (AvgIpc) is 2.86. The molecule has 8 heteroatoms. The SMILES string of the molecule is COc1ccc(NC(=O)C2CCN(Cc3ccc(C)cc3)CC2)cc1S(=O)(=O)N1CCCCC1. The summed E-state index contributed by atoms with van der Waals surface area (Å²) in [5.74, 6) is 0.160. The van der Waals surface area contributed by atoms with Gasteiger partial charge in [-0.1, -0.05) is 36.2 Å². The normalized spacial score (nSPS) is 18.5. The Morgan fingerprint density at radius 2 is 1.68 bits per heavy atom. The molecule has 0 unspecified atom stereocenters. The first-order chi connectivity index (χ1) is 16.4. The second-order valence-electron chi connectivity index (χ2n) is 9.36. The van der Waals surface area contributed by atoms with E-state index in [1.165, 1.54) is 28.6 Å². The lowest BCUT2D eigenvalue weighted by atomic mass is 9.95. The number of aryl methyl sites for hydroxylation is 1. The maximum Gasteiger partial charge on any atom is 0.246 e. The van der Waals surface area contributed by atoms with Gasteiger partial charge in [-0.3, -0.25) is 9.69 Å². The predicted octanol–water partition coefficient (Wildman–Crippen LogP) is 4.03. The van der Waals surface area contributed by atoms with E-state index in [0.29, 0.717) is 24.5 Å². The van der Waals surface area contributed by atoms with E-state index < -0.39 is 10.0 Å². The molecule has 0 bridgehead atoms. The Bertz CT molecular complexity index is 1090. The van der Waals surface area contributed by atoms with Gasteiger partial charge in [0, 0.05) is 31.2 Å². The van der Waals surface area contributed by atoms with E-state index in [4.69, 9.17) is 4.74 Å². The third-order valence-electron chi connectivity index (χ3n) is 6.85. The number of amides is 1. The molecule has 0 spiro atoms. The topological polar surface area (TPSA) is 79.0 Å². The van der Waals surface area contributed by atoms with Crippen molar-refractivity contribution in [3.8, 4) is 5.75 Å². The highest BCUT2D eigenvalue weighted by Gasteiger charge is 2.30. The van der Waals surface area contributed by atoms with Gasteiger partial charge in [-0.05, 0) is 69.5 Å². The van der Waals surface area contributed by atoms with Gasteiger partial charge in [-0.2, -0.15) is 4.31 Å². The Morgan fingerprint density at radius 1 is 1.00 bits per heavy atom. The Balaban J connectivity index is 1.38. The molecule has 2 aromatic carbocycles. The van der Waals surface area contributed by atoms with Gasteiger partial charge in [0.25, 0.3) is 0 Å². The fourth-order valence-electron chi connectivity index (χ4n) is 4.75. The molecular weight excluding hydrogens is 450 g/mol. The van der Waals surface area contributed by atoms with E-state index in [1.54, 1.807) is 12.1 Å². The number of methoxy groups -OCH3 is 1. The van der Waals surface area contributed by atoms with Gasteiger partial charge in [0.15, 0.2) is 0 Å². The molecule has 0 atom stereocenters. The number of anilines is 1. The van der Waals surface area contributed by atoms with E-state index in [9.17, 15) is 13.2 Å². The van der Waals surface area contributed by atoms with Gasteiger partial charge in [0.05, 0.1) is 7.11 Å². The summed E-state index contributed by atoms with van der Waals surface area (Å²) in [5.41, 5.74) is 3.03. The van der Waals surface area contributed by atoms with Crippen LogP contribution in [0.3, 0.4) is 0 Å². The van der Waals surface area contributed by atoms with Crippen LogP contribution in [0.25, 0.3) is 0 Å². The standard InChI is InChI=1S/C26H35N3O4S/c1-20-6-8-21(9-7-20)19-28-16-12-22(13-17-28)26(30)27-23-10-11-24(33-2)25(18-23)34(31,32)29-14-4-3-5-15-29/h6-11,18,22H,3-5,12-17,19H2,1-2H3,(H,27,30). The third kappa shape index (κ3) is 5.79. The third-order valence-corrected chi connectivity index (χ3v) is 8.77. The largest absolute Gasteiger partial charge is 0.495 e. The van der Waals surface area contributed by atoms with Crippen molar-refractivity contribution in [2.75, 3.05) is 38.6 Å². The number of hydrogen-bond donors (Lipinski definition) is 1. The highest BCUT2D eigenvalue weighted by Crippen LogP contribution is 2.31. The Labute approximate surface area is 203 Å². The average molecular weight is 486 g/mol. The van der Waals surface area contributed by atoms with Gasteiger partial charge >= 0.3 is 0 Å². The van der Waals surface area contributed by atoms with Gasteiger partial charge < -0.3 is 10.1 Å². The lowest BCUT2D eigenvalue weighted by Crippen LogP contribution is -2.38. The molecule has 0 aromatic heterocycles. The van der Waals surface area contributed by atoms with Crippen LogP contribution >= 0.6 is 0 Å². The Kier molecular flexibility index (Phi) is 7.91. The number of nitrogens with one attached hydrogen (secondary N) is 1. The van der Waals surface area contributed by atoms with Crippen LogP contribution in [0, 0.1) is 12.8 Å². The summed E-state index contributed by atoms with van der Waals surface area (Å²) in [6.07, 6.45) is 4.34. The number of carbonyl (C=O) groups excluding carboxylic acids is 1. The molecule has 1 N–H and O–H groups in total. The monoisotopic (exact) mass is 485 g/mol. The van der Waals surface area contributed by atoms with E-state index in [1.807, 2.05) is 0 Å². The first-order valence-corrected chi connectivity index (χ1v) is 13.6. The summed E-state index contributed by atoms with van der Waals surface area (Å²) >= 11 is 0. The summed E-state index contributed by atoms with van der Waals surface area (Å²) in [6, 6.07) is 13.4. The zero-order chi connectivity index (χ0) is 24.1. The Morgan fingerprint density at radius 3 is 2.32 bits per heavy atom. The summed E-state index contributed by atoms with van der Waals surface area (Å²) in [4.78, 5) is 15.5. The second-order valence-corrected chi connectivity index (χ2v) is 11.3. The van der Waals surface area contributed by atoms with Crippen LogP contribution in [-0.4, -0.2) is 56.8 Å². The van der Waals surface area contributed by atoms with E-state index >= 15 is 0 Å². The molecule has 4 rings (SSSR count). The molecular formula is C26H35N3O4S. The second kappa shape index (κ2) is 10.9. The lowest BCUT2D eigenvalue weighted by Gasteiger charge is -2.31. The smallest absolute Gasteiger partial charge is 0.246 e. The van der Waals surface area contributed by atoms with Crippen molar-refractivity contribution in [1.82, 2.24) is 9.21 Å². The van der Waals surface area contributed by atoms with Crippen molar-refractivity contribution >= 4 is 21.6 Å². The van der Waals surface area contributed by atoms with E-state index in [0.717, 1.165) is 51.7 Å². The van der Waals surface area contributed by atoms with Crippen LogP contribution in [0.15, 0.2) is 47.4 Å². The van der Waals surface area contributed by atoms with Crippen molar-refractivity contribution in [1.29, 1.82) is 0 Å². The zero-order valence-electron chi connectivity index (χ0n) is 20.1. The van der Waals surface area contributed by atoms with Crippen molar-refractivity contribution in [2.45, 2.75) is 50.5 Å². The number of nitrogens with zero attached hydrogens (tertiary/aromatic N) is 2. The highest BCUT2D eigenvalue weighted by molar-refractivity contribution is 7.89.